The molecule has 3 heteroatoms. The van der Waals surface area contributed by atoms with Gasteiger partial charge in [-0.05, 0) is 42.3 Å². The largest absolute Gasteiger partial charge is 0.318 e. The highest BCUT2D eigenvalue weighted by Crippen LogP contribution is 2.32. The number of hydrogen-bond acceptors (Lipinski definition) is 2. The van der Waals surface area contributed by atoms with E-state index >= 15 is 0 Å². The van der Waals surface area contributed by atoms with Gasteiger partial charge in [0.25, 0.3) is 0 Å². The Morgan fingerprint density at radius 2 is 1.85 bits per heavy atom. The monoisotopic (exact) mass is 326 g/mol. The maximum Gasteiger partial charge on any atom is 0.0705 e. The van der Waals surface area contributed by atoms with Crippen LogP contribution < -0.4 is 5.73 Å². The maximum atomic E-state index is 6.65. The summed E-state index contributed by atoms with van der Waals surface area (Å²) in [5.41, 5.74) is 9.21. The molecular weight excluding hydrogens is 312 g/mol. The molecule has 0 aliphatic rings. The second-order valence-electron chi connectivity index (χ2n) is 5.09. The van der Waals surface area contributed by atoms with Crippen molar-refractivity contribution in [1.29, 1.82) is 0 Å². The van der Waals surface area contributed by atoms with Gasteiger partial charge >= 0.3 is 0 Å². The molecule has 3 aromatic rings. The highest BCUT2D eigenvalue weighted by Gasteiger charge is 2.25. The molecule has 0 radical (unpaired) electrons. The minimum atomic E-state index is -0.563. The quantitative estimate of drug-likeness (QED) is 0.765. The van der Waals surface area contributed by atoms with Crippen LogP contribution in [0.3, 0.4) is 0 Å². The van der Waals surface area contributed by atoms with E-state index in [1.165, 1.54) is 0 Å². The molecule has 0 bridgehead atoms. The molecule has 1 heterocycles. The molecule has 3 rings (SSSR count). The first-order valence-electron chi connectivity index (χ1n) is 6.48. The van der Waals surface area contributed by atoms with Crippen molar-refractivity contribution in [1.82, 2.24) is 4.98 Å². The zero-order valence-corrected chi connectivity index (χ0v) is 12.8. The lowest BCUT2D eigenvalue weighted by Gasteiger charge is -2.27. The number of benzene rings is 2. The van der Waals surface area contributed by atoms with E-state index in [-0.39, 0.29) is 0 Å². The van der Waals surface area contributed by atoms with Crippen molar-refractivity contribution in [2.45, 2.75) is 12.5 Å². The van der Waals surface area contributed by atoms with Crippen LogP contribution in [0.1, 0.15) is 18.1 Å². The lowest BCUT2D eigenvalue weighted by Crippen LogP contribution is -2.34. The van der Waals surface area contributed by atoms with Crippen molar-refractivity contribution < 1.29 is 0 Å². The van der Waals surface area contributed by atoms with Gasteiger partial charge in [-0.15, -0.1) is 0 Å². The lowest BCUT2D eigenvalue weighted by atomic mass is 9.83. The third-order valence-corrected chi connectivity index (χ3v) is 4.12. The van der Waals surface area contributed by atoms with Gasteiger partial charge in [0.1, 0.15) is 0 Å². The van der Waals surface area contributed by atoms with Crippen molar-refractivity contribution in [3.63, 3.8) is 0 Å². The van der Waals surface area contributed by atoms with E-state index in [4.69, 9.17) is 5.73 Å². The summed E-state index contributed by atoms with van der Waals surface area (Å²) in [4.78, 5) is 4.40. The smallest absolute Gasteiger partial charge is 0.0705 e. The van der Waals surface area contributed by atoms with Crippen LogP contribution >= 0.6 is 15.9 Å². The lowest BCUT2D eigenvalue weighted by molar-refractivity contribution is 0.608. The molecule has 100 valence electrons. The van der Waals surface area contributed by atoms with Crippen LogP contribution in [0.2, 0.25) is 0 Å². The van der Waals surface area contributed by atoms with Crippen LogP contribution in [0.15, 0.2) is 65.3 Å². The van der Waals surface area contributed by atoms with E-state index in [0.717, 1.165) is 26.5 Å². The van der Waals surface area contributed by atoms with Crippen molar-refractivity contribution in [2.75, 3.05) is 0 Å². The molecule has 2 N–H and O–H groups in total. The Kier molecular flexibility index (Phi) is 3.32. The van der Waals surface area contributed by atoms with Crippen molar-refractivity contribution in [3.05, 3.63) is 76.4 Å². The van der Waals surface area contributed by atoms with E-state index in [9.17, 15) is 0 Å². The predicted molar refractivity (Wildman–Crippen MR) is 86.5 cm³/mol. The van der Waals surface area contributed by atoms with E-state index in [1.807, 2.05) is 37.3 Å². The van der Waals surface area contributed by atoms with Gasteiger partial charge in [0.2, 0.25) is 0 Å². The summed E-state index contributed by atoms with van der Waals surface area (Å²) in [7, 11) is 0. The number of pyridine rings is 1. The third kappa shape index (κ3) is 2.23. The molecule has 1 unspecified atom stereocenters. The number of fused-ring (bicyclic) bond motifs is 1. The van der Waals surface area contributed by atoms with Gasteiger partial charge in [0.05, 0.1) is 11.1 Å². The molecule has 2 nitrogen and oxygen atoms in total. The van der Waals surface area contributed by atoms with Crippen LogP contribution in [0.25, 0.3) is 10.9 Å². The van der Waals surface area contributed by atoms with E-state index in [1.54, 1.807) is 6.20 Å². The molecule has 0 saturated carbocycles. The van der Waals surface area contributed by atoms with E-state index < -0.39 is 5.54 Å². The second-order valence-corrected chi connectivity index (χ2v) is 6.00. The fourth-order valence-corrected chi connectivity index (χ4v) is 2.92. The van der Waals surface area contributed by atoms with Crippen LogP contribution in [0.4, 0.5) is 0 Å². The molecule has 0 aliphatic carbocycles. The van der Waals surface area contributed by atoms with Crippen molar-refractivity contribution in [3.8, 4) is 0 Å². The molecule has 0 saturated heterocycles. The fourth-order valence-electron chi connectivity index (χ4n) is 2.52. The minimum absolute atomic E-state index is 0.563. The summed E-state index contributed by atoms with van der Waals surface area (Å²) < 4.78 is 1.03. The normalized spacial score (nSPS) is 14.2. The number of nitrogens with two attached hydrogens (primary N) is 1. The van der Waals surface area contributed by atoms with Crippen molar-refractivity contribution >= 4 is 26.8 Å². The van der Waals surface area contributed by atoms with E-state index in [2.05, 4.69) is 45.2 Å². The molecule has 2 aromatic carbocycles. The zero-order valence-electron chi connectivity index (χ0n) is 11.2. The second kappa shape index (κ2) is 5.00. The summed E-state index contributed by atoms with van der Waals surface area (Å²) >= 11 is 3.51. The fraction of sp³-hybridized carbons (Fsp3) is 0.118. The minimum Gasteiger partial charge on any atom is -0.318 e. The van der Waals surface area contributed by atoms with Gasteiger partial charge in [-0.25, -0.2) is 0 Å². The van der Waals surface area contributed by atoms with Crippen LogP contribution in [-0.4, -0.2) is 4.98 Å². The average molecular weight is 327 g/mol. The van der Waals surface area contributed by atoms with Gasteiger partial charge in [-0.2, -0.15) is 0 Å². The highest BCUT2D eigenvalue weighted by molar-refractivity contribution is 9.10. The van der Waals surface area contributed by atoms with Crippen LogP contribution in [0.5, 0.6) is 0 Å². The molecule has 0 fully saturated rings. The van der Waals surface area contributed by atoms with E-state index in [0.29, 0.717) is 0 Å². The Balaban J connectivity index is 2.23. The molecule has 0 spiro atoms. The Bertz CT molecular complexity index is 760. The number of nitrogens with zero attached hydrogens (tertiary/aromatic N) is 1. The summed E-state index contributed by atoms with van der Waals surface area (Å²) in [6.07, 6.45) is 1.80. The molecule has 1 atom stereocenters. The van der Waals surface area contributed by atoms with Gasteiger partial charge in [0.15, 0.2) is 0 Å². The molecule has 1 aromatic heterocycles. The zero-order chi connectivity index (χ0) is 14.2. The summed E-state index contributed by atoms with van der Waals surface area (Å²) in [5.74, 6) is 0. The first-order chi connectivity index (χ1) is 9.59. The number of halogens is 1. The number of rotatable bonds is 2. The molecular formula is C17H15BrN2. The Morgan fingerprint density at radius 3 is 2.65 bits per heavy atom. The maximum absolute atomic E-state index is 6.65. The predicted octanol–water partition coefficient (Wildman–Crippen LogP) is 4.22. The van der Waals surface area contributed by atoms with Crippen LogP contribution in [-0.2, 0) is 5.54 Å². The topological polar surface area (TPSA) is 38.9 Å². The molecule has 0 aliphatic heterocycles. The van der Waals surface area contributed by atoms with Gasteiger partial charge in [0, 0.05) is 16.1 Å². The summed E-state index contributed by atoms with van der Waals surface area (Å²) in [6.45, 7) is 2.04. The molecule has 20 heavy (non-hydrogen) atoms. The number of hydrogen-bond donors (Lipinski definition) is 1. The Morgan fingerprint density at radius 1 is 1.05 bits per heavy atom. The Hall–Kier alpha value is -1.71. The first kappa shape index (κ1) is 13.3. The number of aromatic nitrogens is 1. The summed E-state index contributed by atoms with van der Waals surface area (Å²) in [5, 5.41) is 1.10. The SMILES string of the molecule is CC(N)(c1cccc(Br)c1)c1cccc2ncccc12. The average Bonchev–Trinajstić information content (AvgIpc) is 2.46. The van der Waals surface area contributed by atoms with Crippen molar-refractivity contribution in [2.24, 2.45) is 5.73 Å². The molecule has 0 amide bonds. The third-order valence-electron chi connectivity index (χ3n) is 3.63. The standard InChI is InChI=1S/C17H15BrN2/c1-17(19,12-5-2-6-13(18)11-12)15-8-3-9-16-14(15)7-4-10-20-16/h2-11H,19H2,1H3. The van der Waals surface area contributed by atoms with Crippen LogP contribution in [0, 0.1) is 0 Å². The van der Waals surface area contributed by atoms with Gasteiger partial charge in [-0.1, -0.05) is 46.3 Å². The Labute approximate surface area is 126 Å². The van der Waals surface area contributed by atoms with Gasteiger partial charge < -0.3 is 5.73 Å². The van der Waals surface area contributed by atoms with Gasteiger partial charge in [-0.3, -0.25) is 4.98 Å². The highest BCUT2D eigenvalue weighted by atomic mass is 79.9. The first-order valence-corrected chi connectivity index (χ1v) is 7.27. The summed E-state index contributed by atoms with van der Waals surface area (Å²) in [6, 6.07) is 18.2.